The second-order valence-electron chi connectivity index (χ2n) is 6.93. The second-order valence-corrected chi connectivity index (χ2v) is 6.93. The highest BCUT2D eigenvalue weighted by molar-refractivity contribution is 5.91. The molecule has 1 N–H and O–H groups in total. The number of nitrogens with zero attached hydrogens (tertiary/aromatic N) is 1. The van der Waals surface area contributed by atoms with Crippen LogP contribution in [0.2, 0.25) is 0 Å². The van der Waals surface area contributed by atoms with Crippen molar-refractivity contribution in [1.29, 1.82) is 0 Å². The summed E-state index contributed by atoms with van der Waals surface area (Å²) >= 11 is 0. The molecule has 1 amide bonds. The largest absolute Gasteiger partial charge is 0.456 e. The summed E-state index contributed by atoms with van der Waals surface area (Å²) in [6.45, 7) is 7.05. The smallest absolute Gasteiger partial charge is 0.287 e. The van der Waals surface area contributed by atoms with E-state index in [1.807, 2.05) is 13.0 Å². The quantitative estimate of drug-likeness (QED) is 0.859. The van der Waals surface area contributed by atoms with Crippen molar-refractivity contribution < 1.29 is 9.21 Å². The van der Waals surface area contributed by atoms with Crippen molar-refractivity contribution in [1.82, 2.24) is 10.2 Å². The van der Waals surface area contributed by atoms with E-state index in [1.54, 1.807) is 6.07 Å². The van der Waals surface area contributed by atoms with Crippen LogP contribution in [0.3, 0.4) is 0 Å². The molecule has 1 aromatic carbocycles. The third-order valence-electron chi connectivity index (χ3n) is 5.04. The number of rotatable bonds is 6. The molecule has 25 heavy (non-hydrogen) atoms. The maximum absolute atomic E-state index is 12.1. The number of hydrogen-bond donors (Lipinski definition) is 1. The van der Waals surface area contributed by atoms with Crippen LogP contribution in [0.1, 0.15) is 60.6 Å². The van der Waals surface area contributed by atoms with Crippen LogP contribution in [-0.2, 0) is 19.5 Å². The predicted molar refractivity (Wildman–Crippen MR) is 99.4 cm³/mol. The molecule has 3 rings (SSSR count). The topological polar surface area (TPSA) is 45.5 Å². The van der Waals surface area contributed by atoms with E-state index in [4.69, 9.17) is 4.42 Å². The third kappa shape index (κ3) is 4.73. The third-order valence-corrected chi connectivity index (χ3v) is 5.04. The number of carbonyl (C=O) groups excluding carboxylic acids is 1. The molecule has 0 bridgehead atoms. The lowest BCUT2D eigenvalue weighted by molar-refractivity contribution is 0.0921. The summed E-state index contributed by atoms with van der Waals surface area (Å²) in [5, 5.41) is 2.92. The van der Waals surface area contributed by atoms with Crippen molar-refractivity contribution in [3.63, 3.8) is 0 Å². The van der Waals surface area contributed by atoms with Crippen molar-refractivity contribution >= 4 is 5.91 Å². The summed E-state index contributed by atoms with van der Waals surface area (Å²) < 4.78 is 5.48. The summed E-state index contributed by atoms with van der Waals surface area (Å²) in [4.78, 5) is 14.7. The Balaban J connectivity index is 1.51. The summed E-state index contributed by atoms with van der Waals surface area (Å²) in [6, 6.07) is 12.8. The minimum atomic E-state index is -0.161. The van der Waals surface area contributed by atoms with Crippen LogP contribution in [-0.4, -0.2) is 23.4 Å². The number of furan rings is 1. The Morgan fingerprint density at radius 1 is 1.16 bits per heavy atom. The molecule has 1 atom stereocenters. The van der Waals surface area contributed by atoms with Gasteiger partial charge in [-0.1, -0.05) is 37.6 Å². The van der Waals surface area contributed by atoms with Gasteiger partial charge in [0.15, 0.2) is 5.76 Å². The second kappa shape index (κ2) is 8.34. The first-order chi connectivity index (χ1) is 12.2. The number of amides is 1. The average Bonchev–Trinajstić information content (AvgIpc) is 3.12. The van der Waals surface area contributed by atoms with Crippen LogP contribution < -0.4 is 5.32 Å². The van der Waals surface area contributed by atoms with E-state index < -0.39 is 0 Å². The molecule has 1 aliphatic rings. The van der Waals surface area contributed by atoms with Crippen LogP contribution >= 0.6 is 0 Å². The molecule has 134 valence electrons. The predicted octanol–water partition coefficient (Wildman–Crippen LogP) is 4.15. The Morgan fingerprint density at radius 3 is 2.60 bits per heavy atom. The van der Waals surface area contributed by atoms with Gasteiger partial charge < -0.3 is 9.73 Å². The lowest BCUT2D eigenvalue weighted by atomic mass is 10.0. The fraction of sp³-hybridized carbons (Fsp3) is 0.476. The standard InChI is InChI=1S/C21H28N2O2/c1-3-19-11-12-20(25-19)21(24)22-14-17-7-9-18(10-8-17)15-23-13-5-4-6-16(23)2/h7-12,16H,3-6,13-15H2,1-2H3,(H,22,24). The SMILES string of the molecule is CCc1ccc(C(=O)NCc2ccc(CN3CCCCC3C)cc2)o1. The maximum Gasteiger partial charge on any atom is 0.287 e. The van der Waals surface area contributed by atoms with E-state index in [-0.39, 0.29) is 5.91 Å². The monoisotopic (exact) mass is 340 g/mol. The van der Waals surface area contributed by atoms with Gasteiger partial charge in [-0.2, -0.15) is 0 Å². The van der Waals surface area contributed by atoms with E-state index in [0.717, 1.165) is 24.3 Å². The molecular weight excluding hydrogens is 312 g/mol. The summed E-state index contributed by atoms with van der Waals surface area (Å²) in [5.41, 5.74) is 2.44. The van der Waals surface area contributed by atoms with Crippen molar-refractivity contribution in [2.24, 2.45) is 0 Å². The highest BCUT2D eigenvalue weighted by Crippen LogP contribution is 2.19. The van der Waals surface area contributed by atoms with E-state index in [2.05, 4.69) is 41.4 Å². The lowest BCUT2D eigenvalue weighted by Crippen LogP contribution is -2.36. The van der Waals surface area contributed by atoms with Gasteiger partial charge in [0.05, 0.1) is 0 Å². The van der Waals surface area contributed by atoms with Gasteiger partial charge in [-0.3, -0.25) is 9.69 Å². The molecule has 4 heteroatoms. The van der Waals surface area contributed by atoms with Gasteiger partial charge in [-0.15, -0.1) is 0 Å². The molecule has 0 radical (unpaired) electrons. The average molecular weight is 340 g/mol. The Hall–Kier alpha value is -2.07. The first-order valence-corrected chi connectivity index (χ1v) is 9.34. The number of aryl methyl sites for hydroxylation is 1. The van der Waals surface area contributed by atoms with E-state index in [9.17, 15) is 4.79 Å². The van der Waals surface area contributed by atoms with Gasteiger partial charge in [-0.25, -0.2) is 0 Å². The van der Waals surface area contributed by atoms with Crippen LogP contribution in [0.4, 0.5) is 0 Å². The van der Waals surface area contributed by atoms with E-state index in [0.29, 0.717) is 18.3 Å². The van der Waals surface area contributed by atoms with E-state index in [1.165, 1.54) is 31.4 Å². The molecule has 1 fully saturated rings. The normalized spacial score (nSPS) is 18.2. The molecule has 0 saturated carbocycles. The molecule has 4 nitrogen and oxygen atoms in total. The van der Waals surface area contributed by atoms with Crippen molar-refractivity contribution in [3.05, 3.63) is 59.0 Å². The lowest BCUT2D eigenvalue weighted by Gasteiger charge is -2.33. The molecule has 2 heterocycles. The fourth-order valence-electron chi connectivity index (χ4n) is 3.35. The Kier molecular flexibility index (Phi) is 5.92. The van der Waals surface area contributed by atoms with Crippen molar-refractivity contribution in [2.75, 3.05) is 6.54 Å². The number of piperidine rings is 1. The van der Waals surface area contributed by atoms with Crippen molar-refractivity contribution in [2.45, 2.75) is 58.7 Å². The van der Waals surface area contributed by atoms with Gasteiger partial charge in [-0.05, 0) is 49.6 Å². The zero-order valence-electron chi connectivity index (χ0n) is 15.3. The number of nitrogens with one attached hydrogen (secondary N) is 1. The van der Waals surface area contributed by atoms with Crippen LogP contribution in [0.25, 0.3) is 0 Å². The van der Waals surface area contributed by atoms with Gasteiger partial charge >= 0.3 is 0 Å². The van der Waals surface area contributed by atoms with Crippen LogP contribution in [0, 0.1) is 0 Å². The zero-order valence-corrected chi connectivity index (χ0v) is 15.3. The first-order valence-electron chi connectivity index (χ1n) is 9.34. The van der Waals surface area contributed by atoms with Crippen molar-refractivity contribution in [3.8, 4) is 0 Å². The maximum atomic E-state index is 12.1. The molecule has 1 aliphatic heterocycles. The molecular formula is C21H28N2O2. The summed E-state index contributed by atoms with van der Waals surface area (Å²) in [6.07, 6.45) is 4.76. The highest BCUT2D eigenvalue weighted by Gasteiger charge is 2.18. The number of benzene rings is 1. The van der Waals surface area contributed by atoms with Crippen LogP contribution in [0.15, 0.2) is 40.8 Å². The van der Waals surface area contributed by atoms with Gasteiger partial charge in [0.2, 0.25) is 0 Å². The molecule has 2 aromatic rings. The molecule has 1 unspecified atom stereocenters. The van der Waals surface area contributed by atoms with Gasteiger partial charge in [0.25, 0.3) is 5.91 Å². The molecule has 0 spiro atoms. The van der Waals surface area contributed by atoms with E-state index >= 15 is 0 Å². The minimum Gasteiger partial charge on any atom is -0.456 e. The summed E-state index contributed by atoms with van der Waals surface area (Å²) in [5.74, 6) is 1.06. The first kappa shape index (κ1) is 17.7. The molecule has 0 aliphatic carbocycles. The zero-order chi connectivity index (χ0) is 17.6. The number of likely N-dealkylation sites (tertiary alicyclic amines) is 1. The minimum absolute atomic E-state index is 0.161. The fourth-order valence-corrected chi connectivity index (χ4v) is 3.35. The summed E-state index contributed by atoms with van der Waals surface area (Å²) in [7, 11) is 0. The van der Waals surface area contributed by atoms with Crippen LogP contribution in [0.5, 0.6) is 0 Å². The molecule has 1 aromatic heterocycles. The highest BCUT2D eigenvalue weighted by atomic mass is 16.3. The number of carbonyl (C=O) groups is 1. The number of hydrogen-bond acceptors (Lipinski definition) is 3. The Bertz CT molecular complexity index is 690. The van der Waals surface area contributed by atoms with Gasteiger partial charge in [0.1, 0.15) is 5.76 Å². The van der Waals surface area contributed by atoms with Gasteiger partial charge in [0, 0.05) is 25.6 Å². The Labute approximate surface area is 150 Å². The molecule has 1 saturated heterocycles. The Morgan fingerprint density at radius 2 is 1.92 bits per heavy atom.